The zero-order valence-corrected chi connectivity index (χ0v) is 9.73. The first-order chi connectivity index (χ1) is 6.64. The Morgan fingerprint density at radius 3 is 2.86 bits per heavy atom. The molecule has 1 atom stereocenters. The van der Waals surface area contributed by atoms with E-state index in [1.165, 1.54) is 25.9 Å². The van der Waals surface area contributed by atoms with Crippen LogP contribution in [0.5, 0.6) is 0 Å². The number of hydrogen-bond acceptors (Lipinski definition) is 3. The van der Waals surface area contributed by atoms with Crippen LogP contribution < -0.4 is 10.6 Å². The summed E-state index contributed by atoms with van der Waals surface area (Å²) in [6.07, 6.45) is 2.67. The second-order valence-corrected chi connectivity index (χ2v) is 4.81. The number of hydrogen-bond donors (Lipinski definition) is 2. The molecule has 14 heavy (non-hydrogen) atoms. The van der Waals surface area contributed by atoms with E-state index in [2.05, 4.69) is 24.5 Å². The molecule has 0 spiro atoms. The molecule has 84 valence electrons. The molecule has 3 nitrogen and oxygen atoms in total. The average Bonchev–Trinajstić information content (AvgIpc) is 2.19. The van der Waals surface area contributed by atoms with E-state index in [1.807, 2.05) is 0 Å². The van der Waals surface area contributed by atoms with Crippen molar-refractivity contribution < 1.29 is 4.74 Å². The molecule has 0 aromatic carbocycles. The normalized spacial score (nSPS) is 23.8. The van der Waals surface area contributed by atoms with Gasteiger partial charge in [0.25, 0.3) is 0 Å². The molecule has 0 saturated carbocycles. The first-order valence-corrected chi connectivity index (χ1v) is 5.60. The maximum atomic E-state index is 5.35. The lowest BCUT2D eigenvalue weighted by Gasteiger charge is -2.27. The van der Waals surface area contributed by atoms with Crippen molar-refractivity contribution in [2.45, 2.75) is 32.3 Å². The van der Waals surface area contributed by atoms with Crippen LogP contribution in [0.15, 0.2) is 0 Å². The Kier molecular flexibility index (Phi) is 4.85. The highest BCUT2D eigenvalue weighted by Gasteiger charge is 2.17. The van der Waals surface area contributed by atoms with Gasteiger partial charge in [0.15, 0.2) is 0 Å². The van der Waals surface area contributed by atoms with Gasteiger partial charge in [0, 0.05) is 13.7 Å². The van der Waals surface area contributed by atoms with E-state index in [1.54, 1.807) is 7.11 Å². The zero-order chi connectivity index (χ0) is 10.4. The van der Waals surface area contributed by atoms with Gasteiger partial charge in [0.05, 0.1) is 5.60 Å². The Balaban J connectivity index is 2.08. The average molecular weight is 200 g/mol. The Morgan fingerprint density at radius 2 is 2.29 bits per heavy atom. The third-order valence-electron chi connectivity index (χ3n) is 2.94. The van der Waals surface area contributed by atoms with Crippen LogP contribution in [-0.4, -0.2) is 38.9 Å². The van der Waals surface area contributed by atoms with Gasteiger partial charge in [-0.3, -0.25) is 0 Å². The van der Waals surface area contributed by atoms with Gasteiger partial charge in [-0.15, -0.1) is 0 Å². The molecule has 3 heteroatoms. The summed E-state index contributed by atoms with van der Waals surface area (Å²) in [5.74, 6) is 0.802. The molecule has 0 aliphatic carbocycles. The lowest BCUT2D eigenvalue weighted by molar-refractivity contribution is 0.0225. The summed E-state index contributed by atoms with van der Waals surface area (Å²) in [7, 11) is 1.77. The molecular formula is C11H24N2O. The van der Waals surface area contributed by atoms with Crippen LogP contribution in [0.4, 0.5) is 0 Å². The summed E-state index contributed by atoms with van der Waals surface area (Å²) in [6, 6.07) is 0. The van der Waals surface area contributed by atoms with Crippen molar-refractivity contribution in [3.05, 3.63) is 0 Å². The minimum Gasteiger partial charge on any atom is -0.377 e. The quantitative estimate of drug-likeness (QED) is 0.694. The minimum atomic E-state index is -0.0396. The van der Waals surface area contributed by atoms with Crippen molar-refractivity contribution in [2.24, 2.45) is 5.92 Å². The maximum absolute atomic E-state index is 5.35. The van der Waals surface area contributed by atoms with Gasteiger partial charge in [-0.05, 0) is 52.2 Å². The molecule has 0 aromatic rings. The minimum absolute atomic E-state index is 0.0396. The largest absolute Gasteiger partial charge is 0.377 e. The summed E-state index contributed by atoms with van der Waals surface area (Å²) in [6.45, 7) is 8.62. The summed E-state index contributed by atoms with van der Waals surface area (Å²) >= 11 is 0. The van der Waals surface area contributed by atoms with Crippen LogP contribution in [0.2, 0.25) is 0 Å². The Labute approximate surface area is 87.6 Å². The van der Waals surface area contributed by atoms with Crippen molar-refractivity contribution in [1.29, 1.82) is 0 Å². The van der Waals surface area contributed by atoms with E-state index in [4.69, 9.17) is 4.74 Å². The lowest BCUT2D eigenvalue weighted by atomic mass is 9.99. The van der Waals surface area contributed by atoms with E-state index in [9.17, 15) is 0 Å². The third kappa shape index (κ3) is 4.40. The molecule has 2 N–H and O–H groups in total. The predicted molar refractivity (Wildman–Crippen MR) is 59.6 cm³/mol. The van der Waals surface area contributed by atoms with Gasteiger partial charge in [-0.1, -0.05) is 0 Å². The fourth-order valence-corrected chi connectivity index (χ4v) is 1.75. The van der Waals surface area contributed by atoms with E-state index in [-0.39, 0.29) is 5.60 Å². The fraction of sp³-hybridized carbons (Fsp3) is 1.00. The molecule has 0 amide bonds. The van der Waals surface area contributed by atoms with Crippen molar-refractivity contribution in [1.82, 2.24) is 10.6 Å². The van der Waals surface area contributed by atoms with Crippen LogP contribution in [0.3, 0.4) is 0 Å². The van der Waals surface area contributed by atoms with Gasteiger partial charge < -0.3 is 15.4 Å². The van der Waals surface area contributed by atoms with E-state index < -0.39 is 0 Å². The molecule has 0 aromatic heterocycles. The van der Waals surface area contributed by atoms with Gasteiger partial charge in [-0.25, -0.2) is 0 Å². The second kappa shape index (κ2) is 5.69. The highest BCUT2D eigenvalue weighted by molar-refractivity contribution is 4.75. The summed E-state index contributed by atoms with van der Waals surface area (Å²) in [4.78, 5) is 0. The third-order valence-corrected chi connectivity index (χ3v) is 2.94. The van der Waals surface area contributed by atoms with Crippen molar-refractivity contribution >= 4 is 0 Å². The number of rotatable bonds is 5. The number of methoxy groups -OCH3 is 1. The van der Waals surface area contributed by atoms with Crippen LogP contribution in [0.1, 0.15) is 26.7 Å². The van der Waals surface area contributed by atoms with Crippen molar-refractivity contribution in [2.75, 3.05) is 33.3 Å². The van der Waals surface area contributed by atoms with Crippen molar-refractivity contribution in [3.63, 3.8) is 0 Å². The van der Waals surface area contributed by atoms with E-state index >= 15 is 0 Å². The first kappa shape index (κ1) is 12.0. The first-order valence-electron chi connectivity index (χ1n) is 5.60. The Bertz CT molecular complexity index is 153. The van der Waals surface area contributed by atoms with Crippen molar-refractivity contribution in [3.8, 4) is 0 Å². The summed E-state index contributed by atoms with van der Waals surface area (Å²) < 4.78 is 5.35. The second-order valence-electron chi connectivity index (χ2n) is 4.81. The Morgan fingerprint density at radius 1 is 1.50 bits per heavy atom. The van der Waals surface area contributed by atoms with Crippen LogP contribution in [-0.2, 0) is 4.74 Å². The molecule has 0 bridgehead atoms. The number of nitrogens with one attached hydrogen (secondary N) is 2. The van der Waals surface area contributed by atoms with E-state index in [0.29, 0.717) is 0 Å². The summed E-state index contributed by atoms with van der Waals surface area (Å²) in [5.41, 5.74) is -0.0396. The Hall–Kier alpha value is -0.120. The van der Waals surface area contributed by atoms with Crippen LogP contribution in [0.25, 0.3) is 0 Å². The highest BCUT2D eigenvalue weighted by Crippen LogP contribution is 2.09. The van der Waals surface area contributed by atoms with Gasteiger partial charge in [0.2, 0.25) is 0 Å². The van der Waals surface area contributed by atoms with E-state index in [0.717, 1.165) is 19.0 Å². The smallest absolute Gasteiger partial charge is 0.0746 e. The van der Waals surface area contributed by atoms with Gasteiger partial charge in [-0.2, -0.15) is 0 Å². The predicted octanol–water partition coefficient (Wildman–Crippen LogP) is 1.00. The van der Waals surface area contributed by atoms with Crippen LogP contribution in [0, 0.1) is 5.92 Å². The summed E-state index contributed by atoms with van der Waals surface area (Å²) in [5, 5.41) is 6.91. The molecule has 1 heterocycles. The molecule has 1 unspecified atom stereocenters. The molecule has 1 saturated heterocycles. The number of piperidine rings is 1. The standard InChI is InChI=1S/C11H24N2O/c1-11(2,14-3)9-13-8-10-5-4-6-12-7-10/h10,12-13H,4-9H2,1-3H3. The van der Waals surface area contributed by atoms with Gasteiger partial charge >= 0.3 is 0 Å². The molecule has 1 aliphatic heterocycles. The highest BCUT2D eigenvalue weighted by atomic mass is 16.5. The SMILES string of the molecule is COC(C)(C)CNCC1CCCNC1. The molecular weight excluding hydrogens is 176 g/mol. The molecule has 1 aliphatic rings. The maximum Gasteiger partial charge on any atom is 0.0746 e. The monoisotopic (exact) mass is 200 g/mol. The molecule has 1 rings (SSSR count). The zero-order valence-electron chi connectivity index (χ0n) is 9.73. The number of ether oxygens (including phenoxy) is 1. The fourth-order valence-electron chi connectivity index (χ4n) is 1.75. The van der Waals surface area contributed by atoms with Crippen LogP contribution >= 0.6 is 0 Å². The lowest BCUT2D eigenvalue weighted by Crippen LogP contribution is -2.42. The van der Waals surface area contributed by atoms with Gasteiger partial charge in [0.1, 0.15) is 0 Å². The topological polar surface area (TPSA) is 33.3 Å². The molecule has 0 radical (unpaired) electrons. The molecule has 1 fully saturated rings.